The smallest absolute Gasteiger partial charge is 0.326 e. The summed E-state index contributed by atoms with van der Waals surface area (Å²) in [5, 5.41) is 14.3. The van der Waals surface area contributed by atoms with Gasteiger partial charge in [-0.05, 0) is 40.5 Å². The first kappa shape index (κ1) is 16.3. The van der Waals surface area contributed by atoms with Crippen molar-refractivity contribution in [2.24, 2.45) is 0 Å². The Morgan fingerprint density at radius 1 is 1.30 bits per heavy atom. The molecule has 2 unspecified atom stereocenters. The minimum atomic E-state index is -1.01. The Morgan fingerprint density at radius 3 is 2.40 bits per heavy atom. The number of amides is 3. The van der Waals surface area contributed by atoms with Crippen LogP contribution in [0, 0.1) is 0 Å². The summed E-state index contributed by atoms with van der Waals surface area (Å²) in [4.78, 5) is 36.2. The third kappa shape index (κ3) is 4.40. The lowest BCUT2D eigenvalue weighted by Gasteiger charge is -2.26. The third-order valence-electron chi connectivity index (χ3n) is 3.03. The zero-order chi connectivity index (χ0) is 15.5. The molecule has 3 amide bonds. The van der Waals surface area contributed by atoms with E-state index in [2.05, 4.69) is 10.6 Å². The van der Waals surface area contributed by atoms with Gasteiger partial charge in [0.1, 0.15) is 12.1 Å². The second-order valence-electron chi connectivity index (χ2n) is 6.10. The number of carbonyl (C=O) groups excluding carboxylic acids is 2. The predicted octanol–water partition coefficient (Wildman–Crippen LogP) is 0.548. The van der Waals surface area contributed by atoms with Crippen LogP contribution < -0.4 is 10.6 Å². The molecule has 114 valence electrons. The molecule has 0 aromatic heterocycles. The van der Waals surface area contributed by atoms with Gasteiger partial charge in [0.2, 0.25) is 5.91 Å². The second kappa shape index (κ2) is 6.11. The van der Waals surface area contributed by atoms with Gasteiger partial charge in [-0.15, -0.1) is 0 Å². The number of hydrogen-bond donors (Lipinski definition) is 3. The maximum Gasteiger partial charge on any atom is 0.326 e. The van der Waals surface area contributed by atoms with Crippen LogP contribution in [0.4, 0.5) is 4.79 Å². The van der Waals surface area contributed by atoms with Crippen LogP contribution in [0.1, 0.15) is 40.5 Å². The van der Waals surface area contributed by atoms with Crippen molar-refractivity contribution >= 4 is 17.9 Å². The molecule has 7 nitrogen and oxygen atoms in total. The molecule has 0 aromatic rings. The molecule has 20 heavy (non-hydrogen) atoms. The summed E-state index contributed by atoms with van der Waals surface area (Å²) in [6, 6.07) is -2.02. The van der Waals surface area contributed by atoms with Crippen LogP contribution in [0.3, 0.4) is 0 Å². The Bertz CT molecular complexity index is 403. The lowest BCUT2D eigenvalue weighted by molar-refractivity contribution is -0.141. The summed E-state index contributed by atoms with van der Waals surface area (Å²) < 4.78 is 0. The van der Waals surface area contributed by atoms with Crippen molar-refractivity contribution in [1.82, 2.24) is 15.5 Å². The Morgan fingerprint density at radius 2 is 1.90 bits per heavy atom. The number of likely N-dealkylation sites (tertiary alicyclic amines) is 1. The molecule has 0 spiro atoms. The topological polar surface area (TPSA) is 98.7 Å². The maximum absolute atomic E-state index is 12.0. The summed E-state index contributed by atoms with van der Waals surface area (Å²) in [6.07, 6.45) is 1.11. The van der Waals surface area contributed by atoms with Gasteiger partial charge in [0, 0.05) is 12.1 Å². The lowest BCUT2D eigenvalue weighted by atomic mass is 10.1. The van der Waals surface area contributed by atoms with Crippen molar-refractivity contribution in [3.63, 3.8) is 0 Å². The highest BCUT2D eigenvalue weighted by Crippen LogP contribution is 2.17. The predicted molar refractivity (Wildman–Crippen MR) is 73.3 cm³/mol. The first-order valence-electron chi connectivity index (χ1n) is 6.74. The Balaban J connectivity index is 2.57. The molecule has 1 aliphatic rings. The van der Waals surface area contributed by atoms with E-state index < -0.39 is 24.1 Å². The van der Waals surface area contributed by atoms with E-state index in [9.17, 15) is 14.4 Å². The van der Waals surface area contributed by atoms with Gasteiger partial charge in [-0.25, -0.2) is 9.59 Å². The van der Waals surface area contributed by atoms with E-state index in [-0.39, 0.29) is 11.4 Å². The number of carboxylic acid groups (broad SMARTS) is 1. The van der Waals surface area contributed by atoms with Crippen LogP contribution in [-0.2, 0) is 9.59 Å². The van der Waals surface area contributed by atoms with Crippen LogP contribution in [0.2, 0.25) is 0 Å². The van der Waals surface area contributed by atoms with Crippen LogP contribution in [0.25, 0.3) is 0 Å². The van der Waals surface area contributed by atoms with E-state index in [4.69, 9.17) is 5.11 Å². The summed E-state index contributed by atoms with van der Waals surface area (Å²) in [6.45, 7) is 7.52. The van der Waals surface area contributed by atoms with Crippen molar-refractivity contribution in [3.8, 4) is 0 Å². The van der Waals surface area contributed by atoms with Crippen LogP contribution >= 0.6 is 0 Å². The van der Waals surface area contributed by atoms with Crippen LogP contribution in [0.15, 0.2) is 0 Å². The SMILES string of the molecule is CC(NC(=O)N1CCCC1C(=O)O)C(=O)NC(C)(C)C. The monoisotopic (exact) mass is 285 g/mol. The van der Waals surface area contributed by atoms with Gasteiger partial charge in [-0.1, -0.05) is 0 Å². The molecule has 1 rings (SSSR count). The molecule has 1 fully saturated rings. The fourth-order valence-electron chi connectivity index (χ4n) is 2.08. The van der Waals surface area contributed by atoms with Crippen molar-refractivity contribution in [1.29, 1.82) is 0 Å². The molecule has 2 atom stereocenters. The lowest BCUT2D eigenvalue weighted by Crippen LogP contribution is -2.54. The van der Waals surface area contributed by atoms with Gasteiger partial charge < -0.3 is 20.6 Å². The van der Waals surface area contributed by atoms with Gasteiger partial charge in [0.25, 0.3) is 0 Å². The number of carbonyl (C=O) groups is 3. The van der Waals surface area contributed by atoms with Gasteiger partial charge in [-0.3, -0.25) is 4.79 Å². The quantitative estimate of drug-likeness (QED) is 0.705. The van der Waals surface area contributed by atoms with Crippen molar-refractivity contribution < 1.29 is 19.5 Å². The fraction of sp³-hybridized carbons (Fsp3) is 0.769. The molecule has 0 saturated carbocycles. The summed E-state index contributed by atoms with van der Waals surface area (Å²) >= 11 is 0. The number of aliphatic carboxylic acids is 1. The van der Waals surface area contributed by atoms with Crippen molar-refractivity contribution in [2.45, 2.75) is 58.2 Å². The molecule has 0 radical (unpaired) electrons. The van der Waals surface area contributed by atoms with Gasteiger partial charge in [-0.2, -0.15) is 0 Å². The van der Waals surface area contributed by atoms with Gasteiger partial charge in [0.15, 0.2) is 0 Å². The molecule has 0 aromatic carbocycles. The number of nitrogens with one attached hydrogen (secondary N) is 2. The Kier molecular flexibility index (Phi) is 4.97. The summed E-state index contributed by atoms with van der Waals surface area (Å²) in [7, 11) is 0. The van der Waals surface area contributed by atoms with Crippen molar-refractivity contribution in [2.75, 3.05) is 6.54 Å². The Labute approximate surface area is 118 Å². The summed E-state index contributed by atoms with van der Waals surface area (Å²) in [5.74, 6) is -1.30. The van der Waals surface area contributed by atoms with E-state index in [0.717, 1.165) is 0 Å². The normalized spacial score (nSPS) is 20.4. The minimum Gasteiger partial charge on any atom is -0.480 e. The molecule has 0 bridgehead atoms. The summed E-state index contributed by atoms with van der Waals surface area (Å²) in [5.41, 5.74) is -0.382. The Hall–Kier alpha value is -1.79. The molecule has 0 aliphatic carbocycles. The minimum absolute atomic E-state index is 0.295. The van der Waals surface area contributed by atoms with Crippen molar-refractivity contribution in [3.05, 3.63) is 0 Å². The van der Waals surface area contributed by atoms with E-state index in [1.165, 1.54) is 4.90 Å². The molecular formula is C13H23N3O4. The van der Waals surface area contributed by atoms with Gasteiger partial charge >= 0.3 is 12.0 Å². The zero-order valence-electron chi connectivity index (χ0n) is 12.4. The highest BCUT2D eigenvalue weighted by atomic mass is 16.4. The van der Waals surface area contributed by atoms with E-state index >= 15 is 0 Å². The molecule has 1 heterocycles. The van der Waals surface area contributed by atoms with Gasteiger partial charge in [0.05, 0.1) is 0 Å². The average Bonchev–Trinajstić information content (AvgIpc) is 2.75. The number of urea groups is 1. The highest BCUT2D eigenvalue weighted by molar-refractivity contribution is 5.89. The number of carboxylic acids is 1. The number of rotatable bonds is 3. The largest absolute Gasteiger partial charge is 0.480 e. The molecule has 3 N–H and O–H groups in total. The zero-order valence-corrected chi connectivity index (χ0v) is 12.4. The number of hydrogen-bond acceptors (Lipinski definition) is 3. The van der Waals surface area contributed by atoms with E-state index in [1.807, 2.05) is 20.8 Å². The average molecular weight is 285 g/mol. The second-order valence-corrected chi connectivity index (χ2v) is 6.10. The molecular weight excluding hydrogens is 262 g/mol. The van der Waals surface area contributed by atoms with Crippen LogP contribution in [-0.4, -0.2) is 52.1 Å². The standard InChI is InChI=1S/C13H23N3O4/c1-8(10(17)15-13(2,3)4)14-12(20)16-7-5-6-9(16)11(18)19/h8-9H,5-7H2,1-4H3,(H,14,20)(H,15,17)(H,18,19). The highest BCUT2D eigenvalue weighted by Gasteiger charge is 2.35. The first-order valence-corrected chi connectivity index (χ1v) is 6.74. The molecule has 7 heteroatoms. The van der Waals surface area contributed by atoms with Crippen LogP contribution in [0.5, 0.6) is 0 Å². The first-order chi connectivity index (χ1) is 9.11. The molecule has 1 aliphatic heterocycles. The third-order valence-corrected chi connectivity index (χ3v) is 3.03. The fourth-order valence-corrected chi connectivity index (χ4v) is 2.08. The number of nitrogens with zero attached hydrogens (tertiary/aromatic N) is 1. The molecule has 1 saturated heterocycles. The van der Waals surface area contributed by atoms with E-state index in [1.54, 1.807) is 6.92 Å². The maximum atomic E-state index is 12.0. The van der Waals surface area contributed by atoms with E-state index in [0.29, 0.717) is 19.4 Å².